The second kappa shape index (κ2) is 7.61. The Labute approximate surface area is 160 Å². The van der Waals surface area contributed by atoms with Gasteiger partial charge >= 0.3 is 0 Å². The van der Waals surface area contributed by atoms with Gasteiger partial charge in [0.1, 0.15) is 17.6 Å². The number of amides is 1. The number of hydrogen-bond acceptors (Lipinski definition) is 4. The van der Waals surface area contributed by atoms with Crippen molar-refractivity contribution in [3.05, 3.63) is 59.2 Å². The van der Waals surface area contributed by atoms with Crippen LogP contribution < -0.4 is 9.47 Å². The lowest BCUT2D eigenvalue weighted by Crippen LogP contribution is -2.56. The summed E-state index contributed by atoms with van der Waals surface area (Å²) in [5, 5.41) is 0. The van der Waals surface area contributed by atoms with Crippen LogP contribution in [0, 0.1) is 6.92 Å². The zero-order valence-electron chi connectivity index (χ0n) is 16.6. The number of aryl methyl sites for hydroxylation is 1. The molecule has 1 atom stereocenters. The molecule has 27 heavy (non-hydrogen) atoms. The fraction of sp³-hybridized carbons (Fsp3) is 0.409. The van der Waals surface area contributed by atoms with Crippen LogP contribution in [0.15, 0.2) is 42.5 Å². The van der Waals surface area contributed by atoms with E-state index in [9.17, 15) is 4.79 Å². The predicted octanol–water partition coefficient (Wildman–Crippen LogP) is 4.00. The number of methoxy groups -OCH3 is 2. The van der Waals surface area contributed by atoms with E-state index in [2.05, 4.69) is 31.2 Å². The number of nitrogens with zero attached hydrogens (tertiary/aromatic N) is 1. The molecular weight excluding hydrogens is 342 g/mol. The van der Waals surface area contributed by atoms with Gasteiger partial charge in [-0.15, -0.1) is 0 Å². The van der Waals surface area contributed by atoms with Crippen molar-refractivity contribution in [2.75, 3.05) is 27.4 Å². The standard InChI is InChI=1S/C22H27NO4/c1-15-6-8-16(9-7-15)20-13-23(22(2,3)14-27-20)21(24)17-10-18(25-4)12-19(11-17)26-5/h6-12,20H,13-14H2,1-5H3. The van der Waals surface area contributed by atoms with Crippen molar-refractivity contribution in [3.8, 4) is 11.5 Å². The maximum Gasteiger partial charge on any atom is 0.254 e. The summed E-state index contributed by atoms with van der Waals surface area (Å²) in [6, 6.07) is 13.5. The molecule has 1 saturated heterocycles. The molecule has 1 fully saturated rings. The molecule has 1 aliphatic heterocycles. The topological polar surface area (TPSA) is 48.0 Å². The third kappa shape index (κ3) is 4.08. The summed E-state index contributed by atoms with van der Waals surface area (Å²) >= 11 is 0. The van der Waals surface area contributed by atoms with Crippen LogP contribution in [0.5, 0.6) is 11.5 Å². The molecule has 0 saturated carbocycles. The van der Waals surface area contributed by atoms with E-state index in [-0.39, 0.29) is 12.0 Å². The van der Waals surface area contributed by atoms with E-state index in [0.717, 1.165) is 5.56 Å². The SMILES string of the molecule is COc1cc(OC)cc(C(=O)N2CC(c3ccc(C)cc3)OCC2(C)C)c1. The summed E-state index contributed by atoms with van der Waals surface area (Å²) in [6.07, 6.45) is -0.143. The molecular formula is C22H27NO4. The van der Waals surface area contributed by atoms with E-state index in [1.165, 1.54) is 5.56 Å². The minimum absolute atomic E-state index is 0.0578. The van der Waals surface area contributed by atoms with Crippen molar-refractivity contribution in [1.82, 2.24) is 4.90 Å². The highest BCUT2D eigenvalue weighted by molar-refractivity contribution is 5.95. The van der Waals surface area contributed by atoms with Crippen LogP contribution in [0.4, 0.5) is 0 Å². The lowest BCUT2D eigenvalue weighted by atomic mass is 9.96. The molecule has 1 heterocycles. The Morgan fingerprint density at radius 2 is 1.67 bits per heavy atom. The van der Waals surface area contributed by atoms with Gasteiger partial charge < -0.3 is 19.1 Å². The van der Waals surface area contributed by atoms with E-state index in [1.807, 2.05) is 18.7 Å². The minimum atomic E-state index is -0.408. The van der Waals surface area contributed by atoms with Crippen molar-refractivity contribution in [3.63, 3.8) is 0 Å². The first kappa shape index (κ1) is 19.2. The summed E-state index contributed by atoms with van der Waals surface area (Å²) in [5.41, 5.74) is 2.42. The van der Waals surface area contributed by atoms with Gasteiger partial charge in [-0.25, -0.2) is 0 Å². The number of benzene rings is 2. The highest BCUT2D eigenvalue weighted by Gasteiger charge is 2.39. The third-order valence-corrected chi connectivity index (χ3v) is 5.01. The summed E-state index contributed by atoms with van der Waals surface area (Å²) in [7, 11) is 3.16. The molecule has 0 spiro atoms. The smallest absolute Gasteiger partial charge is 0.254 e. The van der Waals surface area contributed by atoms with Crippen molar-refractivity contribution in [2.45, 2.75) is 32.4 Å². The second-order valence-electron chi connectivity index (χ2n) is 7.54. The first-order valence-corrected chi connectivity index (χ1v) is 9.07. The number of hydrogen-bond donors (Lipinski definition) is 0. The second-order valence-corrected chi connectivity index (χ2v) is 7.54. The van der Waals surface area contributed by atoms with Gasteiger partial charge in [0.05, 0.1) is 32.9 Å². The lowest BCUT2D eigenvalue weighted by Gasteiger charge is -2.45. The zero-order valence-corrected chi connectivity index (χ0v) is 16.6. The molecule has 0 radical (unpaired) electrons. The molecule has 5 heteroatoms. The molecule has 0 aromatic heterocycles. The molecule has 0 bridgehead atoms. The quantitative estimate of drug-likeness (QED) is 0.817. The fourth-order valence-electron chi connectivity index (χ4n) is 3.28. The monoisotopic (exact) mass is 369 g/mol. The number of morpholine rings is 1. The van der Waals surface area contributed by atoms with Crippen LogP contribution >= 0.6 is 0 Å². The fourth-order valence-corrected chi connectivity index (χ4v) is 3.28. The van der Waals surface area contributed by atoms with Gasteiger partial charge in [-0.1, -0.05) is 29.8 Å². The molecule has 5 nitrogen and oxygen atoms in total. The molecule has 144 valence electrons. The van der Waals surface area contributed by atoms with Crippen LogP contribution in [0.25, 0.3) is 0 Å². The average molecular weight is 369 g/mol. The van der Waals surface area contributed by atoms with Gasteiger partial charge in [-0.2, -0.15) is 0 Å². The normalized spacial score (nSPS) is 18.9. The van der Waals surface area contributed by atoms with E-state index in [1.54, 1.807) is 32.4 Å². The van der Waals surface area contributed by atoms with Gasteiger partial charge in [0.25, 0.3) is 5.91 Å². The summed E-state index contributed by atoms with van der Waals surface area (Å²) in [5.74, 6) is 1.13. The Bertz CT molecular complexity index is 791. The molecule has 1 unspecified atom stereocenters. The van der Waals surface area contributed by atoms with E-state index in [4.69, 9.17) is 14.2 Å². The first-order chi connectivity index (χ1) is 12.8. The van der Waals surface area contributed by atoms with Crippen molar-refractivity contribution in [1.29, 1.82) is 0 Å². The lowest BCUT2D eigenvalue weighted by molar-refractivity contribution is -0.0846. The molecule has 1 aliphatic rings. The molecule has 1 amide bonds. The summed E-state index contributed by atoms with van der Waals surface area (Å²) < 4.78 is 16.7. The maximum absolute atomic E-state index is 13.3. The Kier molecular flexibility index (Phi) is 5.42. The maximum atomic E-state index is 13.3. The van der Waals surface area contributed by atoms with Gasteiger partial charge in [0.15, 0.2) is 0 Å². The largest absolute Gasteiger partial charge is 0.497 e. The van der Waals surface area contributed by atoms with Crippen molar-refractivity contribution >= 4 is 5.91 Å². The molecule has 2 aromatic rings. The predicted molar refractivity (Wildman–Crippen MR) is 105 cm³/mol. The van der Waals surface area contributed by atoms with E-state index in [0.29, 0.717) is 30.2 Å². The van der Waals surface area contributed by atoms with Crippen molar-refractivity contribution in [2.24, 2.45) is 0 Å². The molecule has 0 aliphatic carbocycles. The molecule has 2 aromatic carbocycles. The number of carbonyl (C=O) groups is 1. The Morgan fingerprint density at radius 3 is 2.22 bits per heavy atom. The van der Waals surface area contributed by atoms with Crippen LogP contribution in [0.3, 0.4) is 0 Å². The number of carbonyl (C=O) groups excluding carboxylic acids is 1. The van der Waals surface area contributed by atoms with Crippen LogP contribution in [0.1, 0.15) is 41.4 Å². The highest BCUT2D eigenvalue weighted by atomic mass is 16.5. The summed E-state index contributed by atoms with van der Waals surface area (Å²) in [4.78, 5) is 15.2. The molecule has 0 N–H and O–H groups in total. The van der Waals surface area contributed by atoms with Gasteiger partial charge in [-0.3, -0.25) is 4.79 Å². The van der Waals surface area contributed by atoms with Crippen LogP contribution in [-0.4, -0.2) is 43.7 Å². The van der Waals surface area contributed by atoms with Gasteiger partial charge in [0.2, 0.25) is 0 Å². The van der Waals surface area contributed by atoms with Crippen molar-refractivity contribution < 1.29 is 19.0 Å². The zero-order chi connectivity index (χ0) is 19.6. The number of rotatable bonds is 4. The minimum Gasteiger partial charge on any atom is -0.497 e. The van der Waals surface area contributed by atoms with Gasteiger partial charge in [0, 0.05) is 11.6 Å². The highest BCUT2D eigenvalue weighted by Crippen LogP contribution is 2.33. The van der Waals surface area contributed by atoms with Crippen LogP contribution in [0.2, 0.25) is 0 Å². The number of ether oxygens (including phenoxy) is 3. The third-order valence-electron chi connectivity index (χ3n) is 5.01. The Balaban J connectivity index is 1.90. The summed E-state index contributed by atoms with van der Waals surface area (Å²) in [6.45, 7) is 7.06. The average Bonchev–Trinajstić information content (AvgIpc) is 2.67. The molecule has 3 rings (SSSR count). The van der Waals surface area contributed by atoms with Crippen LogP contribution in [-0.2, 0) is 4.74 Å². The first-order valence-electron chi connectivity index (χ1n) is 9.07. The Morgan fingerprint density at radius 1 is 1.07 bits per heavy atom. The Hall–Kier alpha value is -2.53. The van der Waals surface area contributed by atoms with Gasteiger partial charge in [-0.05, 0) is 38.5 Å². The van der Waals surface area contributed by atoms with E-state index < -0.39 is 5.54 Å². The van der Waals surface area contributed by atoms with E-state index >= 15 is 0 Å².